The molecular weight excluding hydrogens is 259 g/mol. The van der Waals surface area contributed by atoms with Gasteiger partial charge in [0.25, 0.3) is 5.69 Å². The van der Waals surface area contributed by atoms with Crippen molar-refractivity contribution in [2.45, 2.75) is 13.3 Å². The maximum atomic E-state index is 13.1. The number of para-hydroxylation sites is 1. The van der Waals surface area contributed by atoms with Gasteiger partial charge in [0, 0.05) is 23.9 Å². The monoisotopic (exact) mass is 274 g/mol. The van der Waals surface area contributed by atoms with Crippen molar-refractivity contribution in [1.29, 1.82) is 0 Å². The van der Waals surface area contributed by atoms with E-state index < -0.39 is 0 Å². The Labute approximate surface area is 116 Å². The van der Waals surface area contributed by atoms with Crippen LogP contribution in [0.25, 0.3) is 0 Å². The van der Waals surface area contributed by atoms with Crippen molar-refractivity contribution in [3.8, 4) is 0 Å². The molecule has 104 valence electrons. The summed E-state index contributed by atoms with van der Waals surface area (Å²) in [5, 5.41) is 14.0. The van der Waals surface area contributed by atoms with Crippen molar-refractivity contribution in [2.75, 3.05) is 11.9 Å². The van der Waals surface area contributed by atoms with E-state index in [9.17, 15) is 14.5 Å². The zero-order valence-electron chi connectivity index (χ0n) is 11.1. The van der Waals surface area contributed by atoms with Gasteiger partial charge in [0.2, 0.25) is 0 Å². The van der Waals surface area contributed by atoms with E-state index in [1.54, 1.807) is 37.3 Å². The van der Waals surface area contributed by atoms with Crippen molar-refractivity contribution in [1.82, 2.24) is 0 Å². The van der Waals surface area contributed by atoms with Gasteiger partial charge >= 0.3 is 0 Å². The van der Waals surface area contributed by atoms with Crippen LogP contribution in [-0.4, -0.2) is 11.5 Å². The highest BCUT2D eigenvalue weighted by Gasteiger charge is 2.11. The molecule has 2 aromatic rings. The molecule has 0 aliphatic rings. The number of nitro groups is 1. The topological polar surface area (TPSA) is 55.2 Å². The van der Waals surface area contributed by atoms with Gasteiger partial charge in [0.1, 0.15) is 5.82 Å². The Kier molecular flexibility index (Phi) is 4.30. The third-order valence-electron chi connectivity index (χ3n) is 3.07. The molecule has 0 aromatic heterocycles. The fourth-order valence-electron chi connectivity index (χ4n) is 2.00. The van der Waals surface area contributed by atoms with Gasteiger partial charge in [0.15, 0.2) is 0 Å². The standard InChI is InChI=1S/C15H15FN2O2/c1-11-10-13(6-7-14(11)16)17-9-8-12-4-2-3-5-15(12)18(19)20/h2-7,10,17H,8-9H2,1H3. The van der Waals surface area contributed by atoms with Crippen molar-refractivity contribution in [3.05, 3.63) is 69.5 Å². The number of hydrogen-bond donors (Lipinski definition) is 1. The quantitative estimate of drug-likeness (QED) is 0.668. The van der Waals surface area contributed by atoms with E-state index in [1.807, 2.05) is 0 Å². The lowest BCUT2D eigenvalue weighted by molar-refractivity contribution is -0.385. The number of rotatable bonds is 5. The van der Waals surface area contributed by atoms with Crippen LogP contribution in [0.5, 0.6) is 0 Å². The first-order chi connectivity index (χ1) is 9.58. The first-order valence-corrected chi connectivity index (χ1v) is 6.30. The van der Waals surface area contributed by atoms with E-state index >= 15 is 0 Å². The molecule has 20 heavy (non-hydrogen) atoms. The molecule has 0 aliphatic heterocycles. The number of halogens is 1. The molecule has 4 nitrogen and oxygen atoms in total. The second-order valence-electron chi connectivity index (χ2n) is 4.53. The van der Waals surface area contributed by atoms with Gasteiger partial charge in [-0.05, 0) is 37.1 Å². The van der Waals surface area contributed by atoms with Gasteiger partial charge in [0.05, 0.1) is 4.92 Å². The van der Waals surface area contributed by atoms with E-state index in [1.165, 1.54) is 12.1 Å². The highest BCUT2D eigenvalue weighted by Crippen LogP contribution is 2.19. The summed E-state index contributed by atoms with van der Waals surface area (Å²) in [6.45, 7) is 2.25. The SMILES string of the molecule is Cc1cc(NCCc2ccccc2[N+](=O)[O-])ccc1F. The van der Waals surface area contributed by atoms with E-state index in [-0.39, 0.29) is 16.4 Å². The predicted molar refractivity (Wildman–Crippen MR) is 76.4 cm³/mol. The van der Waals surface area contributed by atoms with Crippen LogP contribution in [-0.2, 0) is 6.42 Å². The van der Waals surface area contributed by atoms with Crippen LogP contribution in [0.4, 0.5) is 15.8 Å². The third-order valence-corrected chi connectivity index (χ3v) is 3.07. The zero-order valence-corrected chi connectivity index (χ0v) is 11.1. The van der Waals surface area contributed by atoms with E-state index in [4.69, 9.17) is 0 Å². The molecule has 0 spiro atoms. The lowest BCUT2D eigenvalue weighted by Crippen LogP contribution is -2.06. The van der Waals surface area contributed by atoms with Crippen LogP contribution in [0.3, 0.4) is 0 Å². The fraction of sp³-hybridized carbons (Fsp3) is 0.200. The highest BCUT2D eigenvalue weighted by molar-refractivity contribution is 5.46. The third kappa shape index (κ3) is 3.32. The van der Waals surface area contributed by atoms with Gasteiger partial charge in [-0.1, -0.05) is 18.2 Å². The Morgan fingerprint density at radius 3 is 2.70 bits per heavy atom. The summed E-state index contributed by atoms with van der Waals surface area (Å²) in [7, 11) is 0. The summed E-state index contributed by atoms with van der Waals surface area (Å²) in [6.07, 6.45) is 0.535. The molecular formula is C15H15FN2O2. The Hall–Kier alpha value is -2.43. The van der Waals surface area contributed by atoms with E-state index in [0.717, 1.165) is 5.69 Å². The lowest BCUT2D eigenvalue weighted by Gasteiger charge is -2.08. The molecule has 0 heterocycles. The maximum absolute atomic E-state index is 13.1. The average molecular weight is 274 g/mol. The molecule has 2 aromatic carbocycles. The molecule has 2 rings (SSSR count). The van der Waals surface area contributed by atoms with Crippen LogP contribution in [0.15, 0.2) is 42.5 Å². The lowest BCUT2D eigenvalue weighted by atomic mass is 10.1. The first-order valence-electron chi connectivity index (χ1n) is 6.30. The van der Waals surface area contributed by atoms with Gasteiger partial charge in [-0.3, -0.25) is 10.1 Å². The molecule has 0 bridgehead atoms. The summed E-state index contributed by atoms with van der Waals surface area (Å²) in [5.41, 5.74) is 2.19. The normalized spacial score (nSPS) is 10.3. The van der Waals surface area contributed by atoms with E-state index in [0.29, 0.717) is 24.1 Å². The minimum atomic E-state index is -0.378. The number of aryl methyl sites for hydroxylation is 1. The molecule has 0 saturated heterocycles. The second-order valence-corrected chi connectivity index (χ2v) is 4.53. The van der Waals surface area contributed by atoms with Crippen molar-refractivity contribution in [3.63, 3.8) is 0 Å². The maximum Gasteiger partial charge on any atom is 0.272 e. The minimum absolute atomic E-state index is 0.129. The second kappa shape index (κ2) is 6.14. The summed E-state index contributed by atoms with van der Waals surface area (Å²) < 4.78 is 13.1. The average Bonchev–Trinajstić information content (AvgIpc) is 2.43. The van der Waals surface area contributed by atoms with Gasteiger partial charge in [-0.2, -0.15) is 0 Å². The molecule has 0 aliphatic carbocycles. The zero-order chi connectivity index (χ0) is 14.5. The minimum Gasteiger partial charge on any atom is -0.385 e. The number of anilines is 1. The Morgan fingerprint density at radius 1 is 1.25 bits per heavy atom. The molecule has 0 atom stereocenters. The predicted octanol–water partition coefficient (Wildman–Crippen LogP) is 3.70. The molecule has 0 fully saturated rings. The van der Waals surface area contributed by atoms with Gasteiger partial charge in [-0.25, -0.2) is 4.39 Å². The first kappa shape index (κ1) is 14.0. The smallest absolute Gasteiger partial charge is 0.272 e. The Balaban J connectivity index is 1.99. The van der Waals surface area contributed by atoms with Crippen LogP contribution < -0.4 is 5.32 Å². The number of nitrogens with zero attached hydrogens (tertiary/aromatic N) is 1. The highest BCUT2D eigenvalue weighted by atomic mass is 19.1. The molecule has 0 amide bonds. The number of nitro benzene ring substituents is 1. The number of hydrogen-bond acceptors (Lipinski definition) is 3. The Bertz CT molecular complexity index is 629. The summed E-state index contributed by atoms with van der Waals surface area (Å²) in [6, 6.07) is 11.5. The van der Waals surface area contributed by atoms with Crippen molar-refractivity contribution >= 4 is 11.4 Å². The molecule has 0 radical (unpaired) electrons. The van der Waals surface area contributed by atoms with Crippen molar-refractivity contribution < 1.29 is 9.31 Å². The molecule has 1 N–H and O–H groups in total. The fourth-order valence-corrected chi connectivity index (χ4v) is 2.00. The van der Waals surface area contributed by atoms with Crippen LogP contribution in [0.1, 0.15) is 11.1 Å². The van der Waals surface area contributed by atoms with E-state index in [2.05, 4.69) is 5.32 Å². The molecule has 0 saturated carbocycles. The Morgan fingerprint density at radius 2 is 2.00 bits per heavy atom. The van der Waals surface area contributed by atoms with Gasteiger partial charge < -0.3 is 5.32 Å². The molecule has 0 unspecified atom stereocenters. The van der Waals surface area contributed by atoms with Crippen LogP contribution >= 0.6 is 0 Å². The summed E-state index contributed by atoms with van der Waals surface area (Å²) >= 11 is 0. The largest absolute Gasteiger partial charge is 0.385 e. The summed E-state index contributed by atoms with van der Waals surface area (Å²) in [5.74, 6) is -0.241. The number of nitrogens with one attached hydrogen (secondary N) is 1. The van der Waals surface area contributed by atoms with Crippen LogP contribution in [0.2, 0.25) is 0 Å². The van der Waals surface area contributed by atoms with Crippen LogP contribution in [0, 0.1) is 22.9 Å². The van der Waals surface area contributed by atoms with Gasteiger partial charge in [-0.15, -0.1) is 0 Å². The summed E-state index contributed by atoms with van der Waals surface area (Å²) in [4.78, 5) is 10.5. The molecule has 5 heteroatoms. The number of benzene rings is 2. The van der Waals surface area contributed by atoms with Crippen molar-refractivity contribution in [2.24, 2.45) is 0 Å².